The van der Waals surface area contributed by atoms with E-state index in [1.807, 2.05) is 0 Å². The molecule has 2 rings (SSSR count). The highest BCUT2D eigenvalue weighted by atomic mass is 16.1. The second-order valence-electron chi connectivity index (χ2n) is 8.38. The smallest absolute Gasteiger partial charge is 0.221 e. The van der Waals surface area contributed by atoms with E-state index in [1.54, 1.807) is 0 Å². The maximum atomic E-state index is 12.1. The zero-order valence-electron chi connectivity index (χ0n) is 13.0. The van der Waals surface area contributed by atoms with E-state index in [1.165, 1.54) is 19.3 Å². The summed E-state index contributed by atoms with van der Waals surface area (Å²) in [4.78, 5) is 12.1. The van der Waals surface area contributed by atoms with Crippen LogP contribution < -0.4 is 11.1 Å². The molecule has 110 valence electrons. The van der Waals surface area contributed by atoms with Gasteiger partial charge in [-0.1, -0.05) is 27.7 Å². The van der Waals surface area contributed by atoms with Crippen molar-refractivity contribution in [1.82, 2.24) is 5.32 Å². The summed E-state index contributed by atoms with van der Waals surface area (Å²) in [5.41, 5.74) is 6.67. The number of carbonyl (C=O) groups is 1. The number of nitrogens with one attached hydrogen (secondary N) is 1. The molecule has 2 aliphatic rings. The predicted molar refractivity (Wildman–Crippen MR) is 78.7 cm³/mol. The van der Waals surface area contributed by atoms with Crippen LogP contribution >= 0.6 is 0 Å². The Morgan fingerprint density at radius 1 is 1.21 bits per heavy atom. The van der Waals surface area contributed by atoms with Crippen molar-refractivity contribution in [2.24, 2.45) is 22.5 Å². The summed E-state index contributed by atoms with van der Waals surface area (Å²) in [5.74, 6) is 0.753. The van der Waals surface area contributed by atoms with Gasteiger partial charge in [0.2, 0.25) is 5.91 Å². The van der Waals surface area contributed by atoms with Gasteiger partial charge < -0.3 is 11.1 Å². The summed E-state index contributed by atoms with van der Waals surface area (Å²) < 4.78 is 0. The van der Waals surface area contributed by atoms with Crippen LogP contribution in [0.15, 0.2) is 0 Å². The third-order valence-electron chi connectivity index (χ3n) is 4.57. The maximum Gasteiger partial charge on any atom is 0.221 e. The first-order valence-corrected chi connectivity index (χ1v) is 7.72. The van der Waals surface area contributed by atoms with Gasteiger partial charge in [-0.2, -0.15) is 0 Å². The highest BCUT2D eigenvalue weighted by molar-refractivity contribution is 5.77. The second-order valence-corrected chi connectivity index (χ2v) is 8.38. The van der Waals surface area contributed by atoms with Crippen molar-refractivity contribution >= 4 is 5.91 Å². The summed E-state index contributed by atoms with van der Waals surface area (Å²) in [7, 11) is 0. The Balaban J connectivity index is 1.85. The lowest BCUT2D eigenvalue weighted by Gasteiger charge is -2.45. The molecule has 0 aromatic heterocycles. The van der Waals surface area contributed by atoms with Crippen molar-refractivity contribution in [1.29, 1.82) is 0 Å². The van der Waals surface area contributed by atoms with Crippen molar-refractivity contribution in [2.45, 2.75) is 78.3 Å². The first-order valence-electron chi connectivity index (χ1n) is 7.72. The van der Waals surface area contributed by atoms with E-state index in [-0.39, 0.29) is 11.9 Å². The summed E-state index contributed by atoms with van der Waals surface area (Å²) in [6.07, 6.45) is 6.31. The number of hydrogen-bond acceptors (Lipinski definition) is 2. The number of hydrogen-bond donors (Lipinski definition) is 2. The van der Waals surface area contributed by atoms with E-state index < -0.39 is 0 Å². The van der Waals surface area contributed by atoms with Gasteiger partial charge in [-0.25, -0.2) is 0 Å². The highest BCUT2D eigenvalue weighted by Crippen LogP contribution is 2.45. The van der Waals surface area contributed by atoms with Crippen molar-refractivity contribution in [3.8, 4) is 0 Å². The van der Waals surface area contributed by atoms with Gasteiger partial charge in [0, 0.05) is 18.5 Å². The molecule has 0 aromatic rings. The molecule has 1 amide bonds. The summed E-state index contributed by atoms with van der Waals surface area (Å²) in [6, 6.07) is 0.391. The molecule has 3 heteroatoms. The van der Waals surface area contributed by atoms with Gasteiger partial charge >= 0.3 is 0 Å². The largest absolute Gasteiger partial charge is 0.353 e. The molecule has 2 aliphatic carbocycles. The molecule has 1 atom stereocenters. The number of rotatable bonds is 4. The fraction of sp³-hybridized carbons (Fsp3) is 0.938. The van der Waals surface area contributed by atoms with E-state index in [9.17, 15) is 4.79 Å². The second kappa shape index (κ2) is 5.08. The van der Waals surface area contributed by atoms with E-state index in [0.717, 1.165) is 12.8 Å². The topological polar surface area (TPSA) is 55.1 Å². The lowest BCUT2D eigenvalue weighted by atomic mass is 9.63. The van der Waals surface area contributed by atoms with Crippen LogP contribution in [0.3, 0.4) is 0 Å². The Bertz CT molecular complexity index is 329. The van der Waals surface area contributed by atoms with Gasteiger partial charge in [-0.15, -0.1) is 0 Å². The fourth-order valence-electron chi connectivity index (χ4n) is 4.14. The van der Waals surface area contributed by atoms with E-state index in [0.29, 0.717) is 29.2 Å². The van der Waals surface area contributed by atoms with E-state index in [4.69, 9.17) is 5.73 Å². The van der Waals surface area contributed by atoms with E-state index in [2.05, 4.69) is 33.0 Å². The lowest BCUT2D eigenvalue weighted by Crippen LogP contribution is -2.47. The monoisotopic (exact) mass is 266 g/mol. The minimum atomic E-state index is 0.0737. The normalized spacial score (nSPS) is 27.8. The molecule has 0 saturated heterocycles. The van der Waals surface area contributed by atoms with Crippen LogP contribution in [0.5, 0.6) is 0 Å². The van der Waals surface area contributed by atoms with Crippen molar-refractivity contribution in [2.75, 3.05) is 0 Å². The van der Waals surface area contributed by atoms with Gasteiger partial charge in [0.05, 0.1) is 0 Å². The number of amides is 1. The van der Waals surface area contributed by atoms with Crippen LogP contribution in [0.4, 0.5) is 0 Å². The Morgan fingerprint density at radius 2 is 1.74 bits per heavy atom. The average molecular weight is 266 g/mol. The zero-order chi connectivity index (χ0) is 14.3. The Hall–Kier alpha value is -0.570. The van der Waals surface area contributed by atoms with Gasteiger partial charge in [0.25, 0.3) is 0 Å². The Labute approximate surface area is 117 Å². The van der Waals surface area contributed by atoms with Crippen molar-refractivity contribution in [3.05, 3.63) is 0 Å². The summed E-state index contributed by atoms with van der Waals surface area (Å²) >= 11 is 0. The third-order valence-corrected chi connectivity index (χ3v) is 4.57. The standard InChI is InChI=1S/C16H30N2O/c1-15(2)8-12(9-16(3,4)10-15)18-14(19)7-13(17)11-5-6-11/h11-13H,5-10,17H2,1-4H3,(H,18,19). The molecule has 0 bridgehead atoms. The summed E-state index contributed by atoms with van der Waals surface area (Å²) in [5, 5.41) is 3.22. The lowest BCUT2D eigenvalue weighted by molar-refractivity contribution is -0.123. The molecule has 2 saturated carbocycles. The number of carbonyl (C=O) groups excluding carboxylic acids is 1. The van der Waals surface area contributed by atoms with Crippen LogP contribution in [0.25, 0.3) is 0 Å². The molecule has 3 nitrogen and oxygen atoms in total. The maximum absolute atomic E-state index is 12.1. The molecule has 19 heavy (non-hydrogen) atoms. The third kappa shape index (κ3) is 4.48. The van der Waals surface area contributed by atoms with E-state index >= 15 is 0 Å². The Kier molecular flexibility index (Phi) is 3.97. The molecular formula is C16H30N2O. The first kappa shape index (κ1) is 14.8. The quantitative estimate of drug-likeness (QED) is 0.822. The van der Waals surface area contributed by atoms with Crippen LogP contribution in [0.1, 0.15) is 66.2 Å². The van der Waals surface area contributed by atoms with Crippen LogP contribution in [-0.2, 0) is 4.79 Å². The van der Waals surface area contributed by atoms with Crippen LogP contribution in [0.2, 0.25) is 0 Å². The molecule has 0 heterocycles. The minimum Gasteiger partial charge on any atom is -0.353 e. The van der Waals surface area contributed by atoms with Gasteiger partial charge in [0.15, 0.2) is 0 Å². The highest BCUT2D eigenvalue weighted by Gasteiger charge is 2.39. The van der Waals surface area contributed by atoms with Gasteiger partial charge in [-0.3, -0.25) is 4.79 Å². The molecule has 0 radical (unpaired) electrons. The molecule has 3 N–H and O–H groups in total. The van der Waals surface area contributed by atoms with Crippen molar-refractivity contribution < 1.29 is 4.79 Å². The zero-order valence-corrected chi connectivity index (χ0v) is 13.0. The molecule has 1 unspecified atom stereocenters. The van der Waals surface area contributed by atoms with Gasteiger partial charge in [-0.05, 0) is 48.9 Å². The summed E-state index contributed by atoms with van der Waals surface area (Å²) in [6.45, 7) is 9.23. The van der Waals surface area contributed by atoms with Gasteiger partial charge in [0.1, 0.15) is 0 Å². The average Bonchev–Trinajstić information content (AvgIpc) is 2.92. The minimum absolute atomic E-state index is 0.0737. The van der Waals surface area contributed by atoms with Crippen molar-refractivity contribution in [3.63, 3.8) is 0 Å². The predicted octanol–water partition coefficient (Wildman–Crippen LogP) is 2.83. The SMILES string of the molecule is CC1(C)CC(NC(=O)CC(N)C2CC2)CC(C)(C)C1. The fourth-order valence-corrected chi connectivity index (χ4v) is 4.14. The molecular weight excluding hydrogens is 236 g/mol. The Morgan fingerprint density at radius 3 is 2.21 bits per heavy atom. The van der Waals surface area contributed by atoms with Crippen LogP contribution in [-0.4, -0.2) is 18.0 Å². The molecule has 2 fully saturated rings. The molecule has 0 aliphatic heterocycles. The molecule has 0 aromatic carbocycles. The first-order chi connectivity index (χ1) is 8.67. The van der Waals surface area contributed by atoms with Crippen LogP contribution in [0, 0.1) is 16.7 Å². The number of nitrogens with two attached hydrogens (primary N) is 1. The molecule has 0 spiro atoms.